The largest absolute Gasteiger partial charge is 0.455 e. The molecule has 1 heteroatoms. The van der Waals surface area contributed by atoms with Crippen LogP contribution in [0.2, 0.25) is 0 Å². The van der Waals surface area contributed by atoms with E-state index in [2.05, 4.69) is 208 Å². The molecule has 11 aromatic carbocycles. The molecule has 13 rings (SSSR count). The Morgan fingerprint density at radius 3 is 1.52 bits per heavy atom. The predicted molar refractivity (Wildman–Crippen MR) is 255 cm³/mol. The molecular weight excluding hydrogens is 725 g/mol. The zero-order valence-electron chi connectivity index (χ0n) is 33.4. The molecule has 0 unspecified atom stereocenters. The molecule has 0 radical (unpaired) electrons. The summed E-state index contributed by atoms with van der Waals surface area (Å²) in [5.74, 6) is 0. The highest BCUT2D eigenvalue weighted by atomic mass is 16.3. The van der Waals surface area contributed by atoms with Crippen molar-refractivity contribution in [1.29, 1.82) is 0 Å². The molecule has 0 spiro atoms. The van der Waals surface area contributed by atoms with Gasteiger partial charge in [-0.25, -0.2) is 0 Å². The van der Waals surface area contributed by atoms with E-state index in [0.29, 0.717) is 0 Å². The highest BCUT2D eigenvalue weighted by molar-refractivity contribution is 6.26. The molecule has 0 aliphatic heterocycles. The monoisotopic (exact) mass is 762 g/mol. The molecule has 12 aromatic rings. The molecule has 0 bridgehead atoms. The molecule has 0 amide bonds. The Kier molecular flexibility index (Phi) is 6.85. The van der Waals surface area contributed by atoms with E-state index in [9.17, 15) is 0 Å². The second-order valence-electron chi connectivity index (χ2n) is 17.1. The van der Waals surface area contributed by atoms with E-state index in [1.165, 1.54) is 115 Å². The second kappa shape index (κ2) is 12.3. The van der Waals surface area contributed by atoms with Crippen LogP contribution in [0.4, 0.5) is 0 Å². The molecule has 60 heavy (non-hydrogen) atoms. The van der Waals surface area contributed by atoms with Crippen LogP contribution in [0, 0.1) is 0 Å². The van der Waals surface area contributed by atoms with Crippen LogP contribution < -0.4 is 0 Å². The van der Waals surface area contributed by atoms with Crippen molar-refractivity contribution in [3.05, 3.63) is 205 Å². The first-order chi connectivity index (χ1) is 29.5. The zero-order valence-corrected chi connectivity index (χ0v) is 33.4. The number of hydrogen-bond acceptors (Lipinski definition) is 1. The fourth-order valence-corrected chi connectivity index (χ4v) is 10.8. The first-order valence-electron chi connectivity index (χ1n) is 21.0. The summed E-state index contributed by atoms with van der Waals surface area (Å²) in [4.78, 5) is 0. The van der Waals surface area contributed by atoms with Crippen LogP contribution in [0.15, 0.2) is 199 Å². The summed E-state index contributed by atoms with van der Waals surface area (Å²) in [6.45, 7) is 4.71. The lowest BCUT2D eigenvalue weighted by atomic mass is 9.81. The maximum Gasteiger partial charge on any atom is 0.143 e. The highest BCUT2D eigenvalue weighted by Crippen LogP contribution is 2.53. The van der Waals surface area contributed by atoms with Crippen molar-refractivity contribution in [2.45, 2.75) is 19.3 Å². The summed E-state index contributed by atoms with van der Waals surface area (Å²) in [7, 11) is 0. The number of benzene rings is 11. The van der Waals surface area contributed by atoms with Gasteiger partial charge in [0.2, 0.25) is 0 Å². The molecule has 0 atom stereocenters. The van der Waals surface area contributed by atoms with Crippen LogP contribution in [0.5, 0.6) is 0 Å². The Bertz CT molecular complexity index is 3740. The highest BCUT2D eigenvalue weighted by Gasteiger charge is 2.37. The quantitative estimate of drug-likeness (QED) is 0.163. The number of rotatable bonds is 3. The van der Waals surface area contributed by atoms with Gasteiger partial charge in [-0.3, -0.25) is 0 Å². The van der Waals surface area contributed by atoms with Crippen molar-refractivity contribution >= 4 is 75.8 Å². The molecular formula is C59H38O. The van der Waals surface area contributed by atoms with Crippen LogP contribution >= 0.6 is 0 Å². The Hall–Kier alpha value is -7.48. The third-order valence-corrected chi connectivity index (χ3v) is 13.7. The molecule has 1 heterocycles. The van der Waals surface area contributed by atoms with Gasteiger partial charge in [-0.2, -0.15) is 0 Å². The summed E-state index contributed by atoms with van der Waals surface area (Å²) in [5.41, 5.74) is 14.6. The van der Waals surface area contributed by atoms with Gasteiger partial charge in [-0.1, -0.05) is 184 Å². The molecule has 1 nitrogen and oxygen atoms in total. The first-order valence-corrected chi connectivity index (χ1v) is 21.0. The van der Waals surface area contributed by atoms with Gasteiger partial charge < -0.3 is 4.42 Å². The normalized spacial score (nSPS) is 13.3. The predicted octanol–water partition coefficient (Wildman–Crippen LogP) is 16.7. The fourth-order valence-electron chi connectivity index (χ4n) is 10.8. The molecule has 1 aliphatic carbocycles. The van der Waals surface area contributed by atoms with Crippen LogP contribution in [0.3, 0.4) is 0 Å². The van der Waals surface area contributed by atoms with E-state index in [1.54, 1.807) is 0 Å². The molecule has 0 saturated heterocycles. The van der Waals surface area contributed by atoms with Crippen molar-refractivity contribution in [3.8, 4) is 44.5 Å². The van der Waals surface area contributed by atoms with Gasteiger partial charge in [0, 0.05) is 21.6 Å². The van der Waals surface area contributed by atoms with Gasteiger partial charge >= 0.3 is 0 Å². The van der Waals surface area contributed by atoms with E-state index in [4.69, 9.17) is 4.42 Å². The Morgan fingerprint density at radius 2 is 0.833 bits per heavy atom. The molecule has 1 aliphatic rings. The summed E-state index contributed by atoms with van der Waals surface area (Å²) in [6, 6.07) is 72.0. The Labute approximate surface area is 347 Å². The van der Waals surface area contributed by atoms with E-state index in [-0.39, 0.29) is 5.41 Å². The maximum atomic E-state index is 6.67. The summed E-state index contributed by atoms with van der Waals surface area (Å²) < 4.78 is 6.67. The van der Waals surface area contributed by atoms with Crippen molar-refractivity contribution in [3.63, 3.8) is 0 Å². The zero-order chi connectivity index (χ0) is 39.7. The van der Waals surface area contributed by atoms with Crippen molar-refractivity contribution in [1.82, 2.24) is 0 Å². The first kappa shape index (κ1) is 33.5. The van der Waals surface area contributed by atoms with E-state index in [1.807, 2.05) is 0 Å². The van der Waals surface area contributed by atoms with Crippen LogP contribution in [-0.2, 0) is 5.41 Å². The molecule has 0 N–H and O–H groups in total. The van der Waals surface area contributed by atoms with E-state index >= 15 is 0 Å². The smallest absolute Gasteiger partial charge is 0.143 e. The van der Waals surface area contributed by atoms with Gasteiger partial charge in [-0.05, 0) is 128 Å². The summed E-state index contributed by atoms with van der Waals surface area (Å²) >= 11 is 0. The maximum absolute atomic E-state index is 6.67. The lowest BCUT2D eigenvalue weighted by Crippen LogP contribution is -2.14. The minimum atomic E-state index is -0.162. The Morgan fingerprint density at radius 1 is 0.317 bits per heavy atom. The Balaban J connectivity index is 1.02. The van der Waals surface area contributed by atoms with Crippen LogP contribution in [-0.4, -0.2) is 0 Å². The topological polar surface area (TPSA) is 13.1 Å². The van der Waals surface area contributed by atoms with Crippen LogP contribution in [0.25, 0.3) is 120 Å². The third-order valence-electron chi connectivity index (χ3n) is 13.7. The molecule has 280 valence electrons. The third kappa shape index (κ3) is 4.58. The molecule has 0 saturated carbocycles. The van der Waals surface area contributed by atoms with Gasteiger partial charge in [-0.15, -0.1) is 0 Å². The summed E-state index contributed by atoms with van der Waals surface area (Å²) in [5, 5.41) is 14.8. The lowest BCUT2D eigenvalue weighted by Gasteiger charge is -2.22. The average molecular weight is 763 g/mol. The van der Waals surface area contributed by atoms with Gasteiger partial charge in [0.05, 0.1) is 0 Å². The number of fused-ring (bicyclic) bond motifs is 12. The lowest BCUT2D eigenvalue weighted by molar-refractivity contribution is 0.648. The number of hydrogen-bond donors (Lipinski definition) is 0. The van der Waals surface area contributed by atoms with Gasteiger partial charge in [0.15, 0.2) is 0 Å². The SMILES string of the molecule is CC1(C)c2ccc(-c3ccc(-c4c5ccccc5c(-c5cccc6ccccc56)c5ccccc45)c4ccccc34)cc2-c2cc3c(cc21)oc1c2ccccc2ccc31. The van der Waals surface area contributed by atoms with Crippen molar-refractivity contribution in [2.24, 2.45) is 0 Å². The number of furan rings is 1. The van der Waals surface area contributed by atoms with Gasteiger partial charge in [0.1, 0.15) is 11.2 Å². The molecule has 1 aromatic heterocycles. The fraction of sp³-hybridized carbons (Fsp3) is 0.0508. The second-order valence-corrected chi connectivity index (χ2v) is 17.1. The van der Waals surface area contributed by atoms with Crippen LogP contribution in [0.1, 0.15) is 25.0 Å². The average Bonchev–Trinajstić information content (AvgIpc) is 3.78. The molecule has 0 fully saturated rings. The minimum Gasteiger partial charge on any atom is -0.455 e. The van der Waals surface area contributed by atoms with Crippen molar-refractivity contribution < 1.29 is 4.42 Å². The van der Waals surface area contributed by atoms with E-state index in [0.717, 1.165) is 16.6 Å². The minimum absolute atomic E-state index is 0.162. The van der Waals surface area contributed by atoms with Gasteiger partial charge in [0.25, 0.3) is 0 Å². The van der Waals surface area contributed by atoms with E-state index < -0.39 is 0 Å². The summed E-state index contributed by atoms with van der Waals surface area (Å²) in [6.07, 6.45) is 0. The van der Waals surface area contributed by atoms with Crippen molar-refractivity contribution in [2.75, 3.05) is 0 Å². The standard InChI is InChI=1S/C59H38O/c1-59(2)53-31-27-37(32-50(53)51-33-52-49-28-26-36-15-4-6-18-40(36)58(49)60-55(52)34-54(51)59)39-29-30-48(42-20-8-7-19-41(39)42)57-46-23-11-9-21-44(46)56(45-22-10-12-24-47(45)57)43-25-13-16-35-14-3-5-17-38(35)43/h3-34H,1-2H3.